The molecule has 0 bridgehead atoms. The largest absolute Gasteiger partial charge is 0.354 e. The van der Waals surface area contributed by atoms with Gasteiger partial charge in [0, 0.05) is 30.0 Å². The molecule has 0 spiro atoms. The van der Waals surface area contributed by atoms with Gasteiger partial charge in [0.05, 0.1) is 6.54 Å². The summed E-state index contributed by atoms with van der Waals surface area (Å²) in [7, 11) is -3.90. The number of allylic oxidation sites excluding steroid dienone is 1. The number of hydrogen-bond donors (Lipinski definition) is 3. The Morgan fingerprint density at radius 3 is 3.03 bits per heavy atom. The number of nitrogens with one attached hydrogen (secondary N) is 3. The first kappa shape index (κ1) is 18.5. The molecule has 8 nitrogen and oxygen atoms in total. The molecule has 3 heterocycles. The molecule has 2 aliphatic rings. The number of nitrogens with zero attached hydrogens (tertiary/aromatic N) is 3. The zero-order chi connectivity index (χ0) is 20.0. The molecule has 1 aliphatic carbocycles. The summed E-state index contributed by atoms with van der Waals surface area (Å²) in [6.07, 6.45) is 5.38. The Morgan fingerprint density at radius 1 is 1.31 bits per heavy atom. The molecule has 0 saturated heterocycles. The highest BCUT2D eigenvalue weighted by Crippen LogP contribution is 2.34. The van der Waals surface area contributed by atoms with Crippen molar-refractivity contribution >= 4 is 55.1 Å². The average molecular weight is 449 g/mol. The first-order valence-corrected chi connectivity index (χ1v) is 11.8. The van der Waals surface area contributed by atoms with Crippen molar-refractivity contribution in [1.82, 2.24) is 20.0 Å². The molecule has 5 rings (SSSR count). The fourth-order valence-electron chi connectivity index (χ4n) is 3.54. The summed E-state index contributed by atoms with van der Waals surface area (Å²) in [4.78, 5) is 8.95. The maximum atomic E-state index is 13.0. The molecule has 11 heteroatoms. The minimum atomic E-state index is -3.90. The number of thiazole rings is 1. The van der Waals surface area contributed by atoms with E-state index >= 15 is 0 Å². The normalized spacial score (nSPS) is 17.4. The second-order valence-electron chi connectivity index (χ2n) is 6.71. The molecule has 0 radical (unpaired) electrons. The summed E-state index contributed by atoms with van der Waals surface area (Å²) < 4.78 is 30.1. The van der Waals surface area contributed by atoms with Gasteiger partial charge in [-0.25, -0.2) is 4.98 Å². The molecule has 0 saturated carbocycles. The second-order valence-corrected chi connectivity index (χ2v) is 9.54. The van der Waals surface area contributed by atoms with Crippen LogP contribution >= 0.6 is 22.9 Å². The monoisotopic (exact) mass is 448 g/mol. The molecule has 1 aliphatic heterocycles. The Labute approximate surface area is 176 Å². The van der Waals surface area contributed by atoms with E-state index in [0.29, 0.717) is 10.6 Å². The second kappa shape index (κ2) is 7.05. The zero-order valence-corrected chi connectivity index (χ0v) is 17.5. The number of aromatic nitrogens is 2. The van der Waals surface area contributed by atoms with E-state index in [0.717, 1.165) is 43.0 Å². The molecule has 0 atom stereocenters. The van der Waals surface area contributed by atoms with Crippen LogP contribution in [0.1, 0.15) is 17.5 Å². The van der Waals surface area contributed by atoms with Gasteiger partial charge in [-0.15, -0.1) is 11.3 Å². The Morgan fingerprint density at radius 2 is 2.21 bits per heavy atom. The van der Waals surface area contributed by atoms with Gasteiger partial charge in [-0.3, -0.25) is 14.1 Å². The van der Waals surface area contributed by atoms with Crippen molar-refractivity contribution in [2.45, 2.75) is 17.9 Å². The third-order valence-corrected chi connectivity index (χ3v) is 7.40. The molecule has 150 valence electrons. The van der Waals surface area contributed by atoms with Crippen LogP contribution in [0.15, 0.2) is 46.0 Å². The van der Waals surface area contributed by atoms with E-state index in [9.17, 15) is 8.42 Å². The predicted octanol–water partition coefficient (Wildman–Crippen LogP) is 2.69. The number of halogens is 1. The van der Waals surface area contributed by atoms with Crippen molar-refractivity contribution < 1.29 is 8.42 Å². The smallest absolute Gasteiger partial charge is 0.281 e. The molecule has 0 unspecified atom stereocenters. The van der Waals surface area contributed by atoms with E-state index in [4.69, 9.17) is 11.6 Å². The van der Waals surface area contributed by atoms with Crippen LogP contribution in [0.25, 0.3) is 10.5 Å². The SMILES string of the molecule is O=S(=O)(Nc1ccc2c(c1)C(=CNC1=NCCN1)CC2)c1c(Cl)nc2sccn12. The van der Waals surface area contributed by atoms with Gasteiger partial charge in [0.2, 0.25) is 0 Å². The standard InChI is InChI=1S/C18H17ClN6O2S2/c19-15-16(25-7-8-28-18(25)23-15)29(26,27)24-13-4-3-11-1-2-12(14(11)9-13)10-22-17-20-5-6-21-17/h3-4,7-10,24H,1-2,5-6H2,(H2,20,21,22). The Hall–Kier alpha value is -2.56. The third kappa shape index (κ3) is 3.37. The number of rotatable bonds is 4. The topological polar surface area (TPSA) is 99.9 Å². The van der Waals surface area contributed by atoms with Crippen LogP contribution in [0.2, 0.25) is 5.15 Å². The maximum Gasteiger partial charge on any atom is 0.281 e. The highest BCUT2D eigenvalue weighted by Gasteiger charge is 2.26. The number of aryl methyl sites for hydroxylation is 1. The number of fused-ring (bicyclic) bond motifs is 2. The third-order valence-electron chi connectivity index (χ3n) is 4.86. The van der Waals surface area contributed by atoms with Crippen molar-refractivity contribution in [1.29, 1.82) is 0 Å². The summed E-state index contributed by atoms with van der Waals surface area (Å²) in [5.74, 6) is 0.762. The molecule has 29 heavy (non-hydrogen) atoms. The molecule has 0 fully saturated rings. The lowest BCUT2D eigenvalue weighted by Crippen LogP contribution is -2.30. The van der Waals surface area contributed by atoms with E-state index < -0.39 is 10.0 Å². The van der Waals surface area contributed by atoms with Gasteiger partial charge in [-0.05, 0) is 41.7 Å². The van der Waals surface area contributed by atoms with Crippen molar-refractivity contribution in [3.8, 4) is 0 Å². The number of imidazole rings is 1. The van der Waals surface area contributed by atoms with Gasteiger partial charge < -0.3 is 10.6 Å². The number of hydrogen-bond acceptors (Lipinski definition) is 7. The van der Waals surface area contributed by atoms with E-state index in [1.54, 1.807) is 17.6 Å². The van der Waals surface area contributed by atoms with Crippen LogP contribution in [0.5, 0.6) is 0 Å². The Balaban J connectivity index is 1.44. The first-order valence-electron chi connectivity index (χ1n) is 9.02. The van der Waals surface area contributed by atoms with Crippen molar-refractivity contribution in [2.24, 2.45) is 4.99 Å². The van der Waals surface area contributed by atoms with Gasteiger partial charge in [0.15, 0.2) is 21.1 Å². The summed E-state index contributed by atoms with van der Waals surface area (Å²) in [5, 5.41) is 8.02. The van der Waals surface area contributed by atoms with Gasteiger partial charge >= 0.3 is 0 Å². The van der Waals surface area contributed by atoms with Crippen LogP contribution in [-0.4, -0.2) is 36.9 Å². The lowest BCUT2D eigenvalue weighted by atomic mass is 10.1. The lowest BCUT2D eigenvalue weighted by molar-refractivity contribution is 0.596. The van der Waals surface area contributed by atoms with Gasteiger partial charge in [-0.1, -0.05) is 17.7 Å². The minimum absolute atomic E-state index is 0.0415. The van der Waals surface area contributed by atoms with Crippen LogP contribution in [0.3, 0.4) is 0 Å². The number of benzene rings is 1. The molecule has 1 aromatic carbocycles. The van der Waals surface area contributed by atoms with Crippen molar-refractivity contribution in [2.75, 3.05) is 17.8 Å². The number of sulfonamides is 1. The highest BCUT2D eigenvalue weighted by molar-refractivity contribution is 7.92. The highest BCUT2D eigenvalue weighted by atomic mass is 35.5. The fourth-order valence-corrected chi connectivity index (χ4v) is 6.05. The molecular weight excluding hydrogens is 432 g/mol. The van der Waals surface area contributed by atoms with E-state index in [1.165, 1.54) is 21.3 Å². The zero-order valence-electron chi connectivity index (χ0n) is 15.1. The van der Waals surface area contributed by atoms with Crippen molar-refractivity contribution in [3.05, 3.63) is 52.3 Å². The maximum absolute atomic E-state index is 13.0. The van der Waals surface area contributed by atoms with Crippen molar-refractivity contribution in [3.63, 3.8) is 0 Å². The minimum Gasteiger partial charge on any atom is -0.354 e. The van der Waals surface area contributed by atoms with E-state index in [2.05, 4.69) is 25.3 Å². The molecular formula is C18H17ClN6O2S2. The average Bonchev–Trinajstić information content (AvgIpc) is 3.43. The summed E-state index contributed by atoms with van der Waals surface area (Å²) in [6.45, 7) is 1.60. The summed E-state index contributed by atoms with van der Waals surface area (Å²) in [6, 6.07) is 5.59. The lowest BCUT2D eigenvalue weighted by Gasteiger charge is -2.10. The van der Waals surface area contributed by atoms with Crippen LogP contribution in [-0.2, 0) is 16.4 Å². The molecule has 3 aromatic rings. The Kier molecular flexibility index (Phi) is 4.49. The predicted molar refractivity (Wildman–Crippen MR) is 115 cm³/mol. The summed E-state index contributed by atoms with van der Waals surface area (Å²) in [5.41, 5.74) is 3.80. The van der Waals surface area contributed by atoms with Gasteiger partial charge in [0.1, 0.15) is 0 Å². The van der Waals surface area contributed by atoms with E-state index in [-0.39, 0.29) is 10.2 Å². The fraction of sp³-hybridized carbons (Fsp3) is 0.222. The number of guanidine groups is 1. The van der Waals surface area contributed by atoms with Crippen LogP contribution in [0, 0.1) is 0 Å². The van der Waals surface area contributed by atoms with Crippen LogP contribution in [0.4, 0.5) is 5.69 Å². The first-order chi connectivity index (χ1) is 14.0. The molecule has 3 N–H and O–H groups in total. The summed E-state index contributed by atoms with van der Waals surface area (Å²) >= 11 is 7.42. The molecule has 0 amide bonds. The van der Waals surface area contributed by atoms with Crippen LogP contribution < -0.4 is 15.4 Å². The number of aliphatic imine (C=N–C) groups is 1. The Bertz CT molecular complexity index is 1270. The quantitative estimate of drug-likeness (QED) is 0.569. The molecule has 2 aromatic heterocycles. The number of anilines is 1. The van der Waals surface area contributed by atoms with Gasteiger partial charge in [0.25, 0.3) is 10.0 Å². The van der Waals surface area contributed by atoms with Gasteiger partial charge in [-0.2, -0.15) is 8.42 Å². The van der Waals surface area contributed by atoms with E-state index in [1.807, 2.05) is 18.3 Å².